The van der Waals surface area contributed by atoms with Crippen LogP contribution in [0.3, 0.4) is 0 Å². The zero-order valence-electron chi connectivity index (χ0n) is 20.8. The molecule has 13 heteroatoms. The predicted molar refractivity (Wildman–Crippen MR) is 144 cm³/mol. The van der Waals surface area contributed by atoms with Gasteiger partial charge in [0, 0.05) is 5.56 Å². The van der Waals surface area contributed by atoms with E-state index in [-0.39, 0.29) is 39.4 Å². The number of benzene rings is 2. The van der Waals surface area contributed by atoms with Gasteiger partial charge in [0.05, 0.1) is 24.7 Å². The largest absolute Gasteiger partial charge is 0.506 e. The van der Waals surface area contributed by atoms with E-state index in [2.05, 4.69) is 19.9 Å². The Kier molecular flexibility index (Phi) is 7.14. The minimum Gasteiger partial charge on any atom is -0.506 e. The topological polar surface area (TPSA) is 170 Å². The van der Waals surface area contributed by atoms with Crippen LogP contribution >= 0.6 is 10.8 Å². The number of amidine groups is 1. The third kappa shape index (κ3) is 5.10. The first-order valence-corrected chi connectivity index (χ1v) is 14.8. The highest BCUT2D eigenvalue weighted by Crippen LogP contribution is 2.57. The quantitative estimate of drug-likeness (QED) is 0.263. The summed E-state index contributed by atoms with van der Waals surface area (Å²) in [5.74, 6) is -0.872. The summed E-state index contributed by atoms with van der Waals surface area (Å²) in [5, 5.41) is 14.2. The lowest BCUT2D eigenvalue weighted by Gasteiger charge is -2.40. The number of fused-ring (bicyclic) bond motifs is 2. The molecule has 11 nitrogen and oxygen atoms in total. The first-order chi connectivity index (χ1) is 17.3. The van der Waals surface area contributed by atoms with Crippen molar-refractivity contribution in [2.24, 2.45) is 10.3 Å². The number of aliphatic hydroxyl groups is 1. The summed E-state index contributed by atoms with van der Waals surface area (Å²) in [7, 11) is -6.08. The van der Waals surface area contributed by atoms with Gasteiger partial charge in [-0.1, -0.05) is 48.9 Å². The molecule has 1 unspecified atom stereocenters. The Balaban J connectivity index is 1.86. The summed E-state index contributed by atoms with van der Waals surface area (Å²) in [6.45, 7) is 4.06. The summed E-state index contributed by atoms with van der Waals surface area (Å²) < 4.78 is 51.3. The lowest BCUT2D eigenvalue weighted by Crippen LogP contribution is -2.53. The molecule has 0 spiro atoms. The Morgan fingerprint density at radius 1 is 1.19 bits per heavy atom. The van der Waals surface area contributed by atoms with Gasteiger partial charge in [0.2, 0.25) is 10.0 Å². The van der Waals surface area contributed by atoms with Crippen LogP contribution < -0.4 is 15.5 Å². The van der Waals surface area contributed by atoms with Gasteiger partial charge < -0.3 is 15.3 Å². The van der Waals surface area contributed by atoms with Crippen molar-refractivity contribution in [1.82, 2.24) is 5.48 Å². The predicted octanol–water partition coefficient (Wildman–Crippen LogP) is 4.24. The van der Waals surface area contributed by atoms with Crippen molar-refractivity contribution >= 4 is 49.6 Å². The number of Topliss-reactive ketones (excluding diaryl/α,β-unsaturated/α-hetero) is 1. The van der Waals surface area contributed by atoms with Crippen LogP contribution in [0.1, 0.15) is 37.8 Å². The van der Waals surface area contributed by atoms with E-state index in [1.54, 1.807) is 24.3 Å². The minimum atomic E-state index is -3.88. The maximum absolute atomic E-state index is 14.1. The number of hydrogen-bond acceptors (Lipinski definition) is 10. The fourth-order valence-electron chi connectivity index (χ4n) is 4.50. The third-order valence-corrected chi connectivity index (χ3v) is 8.13. The van der Waals surface area contributed by atoms with Crippen molar-refractivity contribution in [1.29, 1.82) is 0 Å². The number of hydroxylamine groups is 1. The molecule has 1 aliphatic heterocycles. The molecule has 0 saturated carbocycles. The molecule has 0 saturated heterocycles. The normalized spacial score (nSPS) is 21.6. The summed E-state index contributed by atoms with van der Waals surface area (Å²) >= 11 is 0. The number of aliphatic hydroxyl groups excluding tert-OH is 1. The van der Waals surface area contributed by atoms with Crippen molar-refractivity contribution in [3.8, 4) is 0 Å². The molecule has 1 heterocycles. The molecule has 2 aromatic rings. The average molecular weight is 551 g/mol. The fourth-order valence-corrected chi connectivity index (χ4v) is 6.25. The molecular formula is C24H30N4O7S2. The Hall–Kier alpha value is -2.94. The van der Waals surface area contributed by atoms with Crippen molar-refractivity contribution in [2.45, 2.75) is 37.1 Å². The molecule has 0 radical (unpaired) electrons. The second-order valence-corrected chi connectivity index (χ2v) is 12.8. The van der Waals surface area contributed by atoms with Crippen LogP contribution in [0.5, 0.6) is 0 Å². The summed E-state index contributed by atoms with van der Waals surface area (Å²) in [5.41, 5.74) is 2.49. The molecule has 37 heavy (non-hydrogen) atoms. The van der Waals surface area contributed by atoms with Crippen molar-refractivity contribution in [3.63, 3.8) is 0 Å². The lowest BCUT2D eigenvalue weighted by molar-refractivity contribution is -0.129. The van der Waals surface area contributed by atoms with E-state index in [0.29, 0.717) is 24.0 Å². The van der Waals surface area contributed by atoms with Crippen molar-refractivity contribution < 1.29 is 32.3 Å². The zero-order chi connectivity index (χ0) is 27.2. The first-order valence-electron chi connectivity index (χ1n) is 11.4. The summed E-state index contributed by atoms with van der Waals surface area (Å²) in [6.07, 6.45) is 1.96. The maximum atomic E-state index is 14.1. The molecule has 2 aromatic carbocycles. The number of rotatable bonds is 8. The van der Waals surface area contributed by atoms with E-state index in [1.165, 1.54) is 25.3 Å². The average Bonchev–Trinajstić information content (AvgIpc) is 2.80. The number of nitrogens with one attached hydrogen (secondary N) is 3. The molecule has 0 fully saturated rings. The van der Waals surface area contributed by atoms with Gasteiger partial charge in [0.25, 0.3) is 0 Å². The number of carbonyl (C=O) groups excluding carboxylic acids is 1. The van der Waals surface area contributed by atoms with Gasteiger partial charge >= 0.3 is 0 Å². The highest BCUT2D eigenvalue weighted by Gasteiger charge is 2.50. The second kappa shape index (κ2) is 9.74. The molecule has 6 N–H and O–H groups in total. The molecule has 1 aliphatic carbocycles. The van der Waals surface area contributed by atoms with Gasteiger partial charge in [0.15, 0.2) is 11.6 Å². The smallest absolute Gasteiger partial charge is 0.229 e. The zero-order valence-corrected chi connectivity index (χ0v) is 22.4. The number of hydrogen-bond donors (Lipinski definition) is 6. The molecule has 0 amide bonds. The maximum Gasteiger partial charge on any atom is 0.229 e. The van der Waals surface area contributed by atoms with Crippen LogP contribution in [0.4, 0.5) is 11.4 Å². The highest BCUT2D eigenvalue weighted by molar-refractivity contribution is 8.23. The number of ketones is 1. The molecule has 4 rings (SSSR count). The van der Waals surface area contributed by atoms with Gasteiger partial charge in [-0.15, -0.1) is 4.40 Å². The Labute approximate surface area is 217 Å². The number of nitrogens with zero attached hydrogens (tertiary/aromatic N) is 1. The first kappa shape index (κ1) is 27.1. The Morgan fingerprint density at radius 2 is 1.89 bits per heavy atom. The number of sulfonamides is 1. The second-order valence-electron chi connectivity index (χ2n) is 9.41. The third-order valence-electron chi connectivity index (χ3n) is 6.15. The van der Waals surface area contributed by atoms with Gasteiger partial charge in [0.1, 0.15) is 21.8 Å². The van der Waals surface area contributed by atoms with E-state index < -0.39 is 32.1 Å². The SMILES string of the molecule is CONC1(CCC(C)C)C(=O)C(C2=NS(O)(O)c3cc(NS(C)(=O)=O)ccc3N2)=C(O)c2ccccc21. The van der Waals surface area contributed by atoms with Gasteiger partial charge in [-0.2, -0.15) is 5.48 Å². The van der Waals surface area contributed by atoms with E-state index >= 15 is 0 Å². The highest BCUT2D eigenvalue weighted by atomic mass is 32.3. The monoisotopic (exact) mass is 550 g/mol. The van der Waals surface area contributed by atoms with E-state index in [9.17, 15) is 27.4 Å². The fraction of sp³-hybridized carbons (Fsp3) is 0.333. The van der Waals surface area contributed by atoms with Crippen LogP contribution in [0.15, 0.2) is 57.3 Å². The van der Waals surface area contributed by atoms with E-state index in [4.69, 9.17) is 4.84 Å². The van der Waals surface area contributed by atoms with Crippen LogP contribution in [-0.4, -0.2) is 47.6 Å². The van der Waals surface area contributed by atoms with Crippen molar-refractivity contribution in [2.75, 3.05) is 23.4 Å². The molecule has 1 atom stereocenters. The summed E-state index contributed by atoms with van der Waals surface area (Å²) in [6, 6.07) is 11.0. The molecule has 200 valence electrons. The van der Waals surface area contributed by atoms with Crippen LogP contribution in [0.2, 0.25) is 0 Å². The molecule has 0 aromatic heterocycles. The standard InChI is InChI=1S/C24H30N4O7S2/c1-14(2)11-12-24(28-35-3)17-8-6-5-7-16(17)21(29)20(22(24)30)23-25-18-10-9-15(26-36(4,31)32)13-19(18)37(33,34)27-23/h5-10,13-14,26,28-29,33-34H,11-12H2,1-4H3,(H,25,27). The minimum absolute atomic E-state index is 0.0604. The van der Waals surface area contributed by atoms with E-state index in [0.717, 1.165) is 6.26 Å². The lowest BCUT2D eigenvalue weighted by atomic mass is 9.71. The molecule has 0 bridgehead atoms. The van der Waals surface area contributed by atoms with Crippen molar-refractivity contribution in [3.05, 3.63) is 59.2 Å². The Morgan fingerprint density at radius 3 is 2.54 bits per heavy atom. The van der Waals surface area contributed by atoms with Crippen LogP contribution in [-0.2, 0) is 25.2 Å². The number of anilines is 2. The van der Waals surface area contributed by atoms with Crippen LogP contribution in [0, 0.1) is 5.92 Å². The van der Waals surface area contributed by atoms with Crippen LogP contribution in [0.25, 0.3) is 5.76 Å². The Bertz CT molecular complexity index is 1420. The molecule has 2 aliphatic rings. The van der Waals surface area contributed by atoms with Gasteiger partial charge in [-0.05, 0) is 42.5 Å². The summed E-state index contributed by atoms with van der Waals surface area (Å²) in [4.78, 5) is 19.4. The van der Waals surface area contributed by atoms with Gasteiger partial charge in [-0.25, -0.2) is 8.42 Å². The molecular weight excluding hydrogens is 520 g/mol. The van der Waals surface area contributed by atoms with Gasteiger partial charge in [-0.3, -0.25) is 18.6 Å². The van der Waals surface area contributed by atoms with E-state index in [1.807, 2.05) is 13.8 Å². The number of carbonyl (C=O) groups is 1.